The largest absolute Gasteiger partial charge is 0.497 e. The Morgan fingerprint density at radius 1 is 1.07 bits per heavy atom. The van der Waals surface area contributed by atoms with E-state index >= 15 is 0 Å². The summed E-state index contributed by atoms with van der Waals surface area (Å²) in [4.78, 5) is 28.3. The van der Waals surface area contributed by atoms with Crippen LogP contribution in [0, 0.1) is 24.2 Å². The molecule has 0 saturated carbocycles. The van der Waals surface area contributed by atoms with Gasteiger partial charge in [0, 0.05) is 25.3 Å². The maximum atomic E-state index is 13.3. The first kappa shape index (κ1) is 35.3. The van der Waals surface area contributed by atoms with Crippen molar-refractivity contribution in [3.63, 3.8) is 0 Å². The fourth-order valence-corrected chi connectivity index (χ4v) is 5.26. The Bertz CT molecular complexity index is 976. The Kier molecular flexibility index (Phi) is 17.6. The molecule has 0 spiro atoms. The highest BCUT2D eigenvalue weighted by atomic mass is 16.6. The number of terminal acetylenes is 1. The molecule has 4 atom stereocenters. The second-order valence-corrected chi connectivity index (χ2v) is 10.5. The molecule has 1 aromatic carbocycles. The van der Waals surface area contributed by atoms with Gasteiger partial charge in [-0.3, -0.25) is 9.59 Å². The summed E-state index contributed by atoms with van der Waals surface area (Å²) in [5.41, 5.74) is 1.03. The number of methoxy groups -OCH3 is 1. The highest BCUT2D eigenvalue weighted by Gasteiger charge is 2.44. The SMILES string of the molecule is C#CCOCCOCCOCCOCCC(=O)NC(C(C)CCC)C1C(/C=C\C)CC(=O)N1Cc1ccc(OC)cc1. The lowest BCUT2D eigenvalue weighted by Crippen LogP contribution is -2.54. The minimum Gasteiger partial charge on any atom is -0.497 e. The number of allylic oxidation sites excluding steroid dienone is 1. The summed E-state index contributed by atoms with van der Waals surface area (Å²) < 4.78 is 26.9. The molecule has 9 nitrogen and oxygen atoms in total. The monoisotopic (exact) mass is 586 g/mol. The molecule has 0 aliphatic carbocycles. The summed E-state index contributed by atoms with van der Waals surface area (Å²) in [6.07, 6.45) is 11.8. The van der Waals surface area contributed by atoms with Crippen molar-refractivity contribution in [1.82, 2.24) is 10.2 Å². The van der Waals surface area contributed by atoms with Crippen LogP contribution in [0.3, 0.4) is 0 Å². The number of hydrogen-bond donors (Lipinski definition) is 1. The molecule has 4 unspecified atom stereocenters. The van der Waals surface area contributed by atoms with E-state index in [1.165, 1.54) is 0 Å². The average molecular weight is 587 g/mol. The van der Waals surface area contributed by atoms with E-state index < -0.39 is 0 Å². The Labute approximate surface area is 252 Å². The van der Waals surface area contributed by atoms with Gasteiger partial charge < -0.3 is 33.9 Å². The second kappa shape index (κ2) is 20.9. The summed E-state index contributed by atoms with van der Waals surface area (Å²) in [6.45, 7) is 10.0. The first-order valence-corrected chi connectivity index (χ1v) is 15.0. The van der Waals surface area contributed by atoms with Gasteiger partial charge in [0.25, 0.3) is 0 Å². The molecule has 234 valence electrons. The van der Waals surface area contributed by atoms with E-state index in [-0.39, 0.29) is 48.8 Å². The summed E-state index contributed by atoms with van der Waals surface area (Å²) in [7, 11) is 1.64. The lowest BCUT2D eigenvalue weighted by molar-refractivity contribution is -0.131. The molecule has 0 bridgehead atoms. The van der Waals surface area contributed by atoms with Gasteiger partial charge in [0.1, 0.15) is 12.4 Å². The lowest BCUT2D eigenvalue weighted by atomic mass is 9.84. The zero-order chi connectivity index (χ0) is 30.6. The number of carbonyl (C=O) groups is 2. The highest BCUT2D eigenvalue weighted by molar-refractivity contribution is 5.81. The second-order valence-electron chi connectivity index (χ2n) is 10.5. The molecule has 1 heterocycles. The molecule has 1 N–H and O–H groups in total. The Morgan fingerprint density at radius 2 is 1.69 bits per heavy atom. The topological polar surface area (TPSA) is 95.6 Å². The molecule has 1 aliphatic rings. The van der Waals surface area contributed by atoms with Gasteiger partial charge in [-0.05, 0) is 37.0 Å². The van der Waals surface area contributed by atoms with E-state index in [0.29, 0.717) is 59.2 Å². The van der Waals surface area contributed by atoms with Gasteiger partial charge in [0.05, 0.1) is 65.4 Å². The molecule has 1 fully saturated rings. The van der Waals surface area contributed by atoms with E-state index in [2.05, 4.69) is 31.2 Å². The van der Waals surface area contributed by atoms with Gasteiger partial charge >= 0.3 is 0 Å². The standard InChI is InChI=1S/C33H50N2O7/c1-6-9-26(4)32(34-30(36)15-17-40-19-21-42-23-22-41-20-18-39-16-8-3)33-28(10-7-2)24-31(37)35(33)25-27-11-13-29(38-5)14-12-27/h3,7,10-14,26,28,32-33H,6,9,15-25H2,1-2,4-5H3,(H,34,36)/b10-7-. The Morgan fingerprint density at radius 3 is 2.26 bits per heavy atom. The highest BCUT2D eigenvalue weighted by Crippen LogP contribution is 2.34. The summed E-state index contributed by atoms with van der Waals surface area (Å²) >= 11 is 0. The summed E-state index contributed by atoms with van der Waals surface area (Å²) in [5, 5.41) is 3.29. The number of nitrogens with one attached hydrogen (secondary N) is 1. The van der Waals surface area contributed by atoms with E-state index in [9.17, 15) is 9.59 Å². The van der Waals surface area contributed by atoms with Crippen molar-refractivity contribution < 1.29 is 33.3 Å². The number of hydrogen-bond acceptors (Lipinski definition) is 7. The van der Waals surface area contributed by atoms with Crippen molar-refractivity contribution in [2.75, 3.05) is 60.0 Å². The van der Waals surface area contributed by atoms with Crippen molar-refractivity contribution in [3.8, 4) is 18.1 Å². The van der Waals surface area contributed by atoms with Gasteiger partial charge in [-0.15, -0.1) is 6.42 Å². The van der Waals surface area contributed by atoms with Gasteiger partial charge in [0.15, 0.2) is 0 Å². The van der Waals surface area contributed by atoms with Crippen LogP contribution in [0.5, 0.6) is 5.75 Å². The van der Waals surface area contributed by atoms with Crippen LogP contribution in [0.1, 0.15) is 52.0 Å². The number of benzene rings is 1. The van der Waals surface area contributed by atoms with Crippen LogP contribution in [0.15, 0.2) is 36.4 Å². The predicted octanol–water partition coefficient (Wildman–Crippen LogP) is 4.00. The van der Waals surface area contributed by atoms with Crippen LogP contribution < -0.4 is 10.1 Å². The van der Waals surface area contributed by atoms with Crippen molar-refractivity contribution >= 4 is 11.8 Å². The maximum Gasteiger partial charge on any atom is 0.223 e. The molecular formula is C33H50N2O7. The molecule has 0 radical (unpaired) electrons. The number of carbonyl (C=O) groups excluding carboxylic acids is 2. The first-order valence-electron chi connectivity index (χ1n) is 15.0. The normalized spacial score (nSPS) is 18.3. The molecule has 1 aliphatic heterocycles. The van der Waals surface area contributed by atoms with Crippen LogP contribution in [0.25, 0.3) is 0 Å². The molecular weight excluding hydrogens is 536 g/mol. The van der Waals surface area contributed by atoms with Crippen LogP contribution in [0.2, 0.25) is 0 Å². The number of rotatable bonds is 22. The molecule has 1 aromatic rings. The van der Waals surface area contributed by atoms with E-state index in [0.717, 1.165) is 24.2 Å². The van der Waals surface area contributed by atoms with E-state index in [1.807, 2.05) is 42.2 Å². The van der Waals surface area contributed by atoms with Crippen LogP contribution in [-0.2, 0) is 35.1 Å². The number of amides is 2. The third-order valence-electron chi connectivity index (χ3n) is 7.31. The molecule has 2 rings (SSSR count). The predicted molar refractivity (Wildman–Crippen MR) is 163 cm³/mol. The van der Waals surface area contributed by atoms with Crippen molar-refractivity contribution in [2.45, 2.75) is 65.1 Å². The summed E-state index contributed by atoms with van der Waals surface area (Å²) in [5.74, 6) is 3.43. The number of ether oxygens (including phenoxy) is 5. The molecule has 9 heteroatoms. The van der Waals surface area contributed by atoms with Gasteiger partial charge in [-0.25, -0.2) is 0 Å². The van der Waals surface area contributed by atoms with Gasteiger partial charge in [0.2, 0.25) is 11.8 Å². The minimum absolute atomic E-state index is 0.0261. The van der Waals surface area contributed by atoms with Crippen LogP contribution >= 0.6 is 0 Å². The van der Waals surface area contributed by atoms with Crippen molar-refractivity contribution in [3.05, 3.63) is 42.0 Å². The average Bonchev–Trinajstić information content (AvgIpc) is 3.28. The molecule has 2 amide bonds. The van der Waals surface area contributed by atoms with Gasteiger partial charge in [-0.1, -0.05) is 50.5 Å². The van der Waals surface area contributed by atoms with Gasteiger partial charge in [-0.2, -0.15) is 0 Å². The third kappa shape index (κ3) is 12.5. The number of nitrogens with zero attached hydrogens (tertiary/aromatic N) is 1. The first-order chi connectivity index (χ1) is 20.4. The number of likely N-dealkylation sites (tertiary alicyclic amines) is 1. The smallest absolute Gasteiger partial charge is 0.223 e. The maximum absolute atomic E-state index is 13.3. The fourth-order valence-electron chi connectivity index (χ4n) is 5.26. The Hall–Kier alpha value is -2.90. The third-order valence-corrected chi connectivity index (χ3v) is 7.31. The molecule has 1 saturated heterocycles. The van der Waals surface area contributed by atoms with Crippen molar-refractivity contribution in [1.29, 1.82) is 0 Å². The van der Waals surface area contributed by atoms with Crippen molar-refractivity contribution in [2.24, 2.45) is 11.8 Å². The van der Waals surface area contributed by atoms with E-state index in [1.54, 1.807) is 7.11 Å². The zero-order valence-electron chi connectivity index (χ0n) is 25.8. The Balaban J connectivity index is 1.89. The molecule has 42 heavy (non-hydrogen) atoms. The lowest BCUT2D eigenvalue weighted by Gasteiger charge is -2.38. The minimum atomic E-state index is -0.177. The molecule has 0 aromatic heterocycles. The fraction of sp³-hybridized carbons (Fsp3) is 0.636. The van der Waals surface area contributed by atoms with Crippen LogP contribution in [-0.4, -0.2) is 88.8 Å². The van der Waals surface area contributed by atoms with Crippen LogP contribution in [0.4, 0.5) is 0 Å². The summed E-state index contributed by atoms with van der Waals surface area (Å²) in [6, 6.07) is 7.48. The zero-order valence-corrected chi connectivity index (χ0v) is 25.8. The quantitative estimate of drug-likeness (QED) is 0.125. The van der Waals surface area contributed by atoms with E-state index in [4.69, 9.17) is 30.1 Å².